The molecule has 0 aliphatic heterocycles. The highest BCUT2D eigenvalue weighted by atomic mass is 32.2. The van der Waals surface area contributed by atoms with Gasteiger partial charge in [-0.15, -0.1) is 0 Å². The Morgan fingerprint density at radius 3 is 1.83 bits per heavy atom. The molecule has 0 spiro atoms. The van der Waals surface area contributed by atoms with Crippen LogP contribution in [0.25, 0.3) is 0 Å². The zero-order valence-electron chi connectivity index (χ0n) is 19.0. The van der Waals surface area contributed by atoms with Gasteiger partial charge >= 0.3 is 0 Å². The van der Waals surface area contributed by atoms with Gasteiger partial charge in [0.2, 0.25) is 0 Å². The number of hydrogen-bond acceptors (Lipinski definition) is 2. The molecule has 0 heterocycles. The summed E-state index contributed by atoms with van der Waals surface area (Å²) >= 11 is 0. The molecule has 3 heteroatoms. The van der Waals surface area contributed by atoms with Gasteiger partial charge in [-0.3, -0.25) is 0 Å². The Morgan fingerprint density at radius 1 is 0.793 bits per heavy atom. The van der Waals surface area contributed by atoms with Crippen LogP contribution in [0.3, 0.4) is 0 Å². The molecule has 0 radical (unpaired) electrons. The van der Waals surface area contributed by atoms with E-state index in [1.807, 2.05) is 19.1 Å². The average Bonchev–Trinajstić information content (AvgIpc) is 2.65. The van der Waals surface area contributed by atoms with Crippen LogP contribution in [0.1, 0.15) is 73.6 Å². The van der Waals surface area contributed by atoms with Crippen molar-refractivity contribution in [3.05, 3.63) is 76.9 Å². The first-order chi connectivity index (χ1) is 13.6. The zero-order valence-corrected chi connectivity index (χ0v) is 19.9. The van der Waals surface area contributed by atoms with Gasteiger partial charge in [0.1, 0.15) is 0 Å². The monoisotopic (exact) mass is 414 g/mol. The smallest absolute Gasteiger partial charge is 0.185 e. The lowest BCUT2D eigenvalue weighted by Crippen LogP contribution is -2.19. The largest absolute Gasteiger partial charge is 0.223 e. The zero-order chi connectivity index (χ0) is 21.9. The van der Waals surface area contributed by atoms with Crippen LogP contribution >= 0.6 is 0 Å². The lowest BCUT2D eigenvalue weighted by Gasteiger charge is -2.15. The van der Waals surface area contributed by atoms with Crippen LogP contribution in [0.2, 0.25) is 0 Å². The van der Waals surface area contributed by atoms with E-state index in [2.05, 4.69) is 52.8 Å². The summed E-state index contributed by atoms with van der Waals surface area (Å²) in [6, 6.07) is 8.81. The molecule has 1 atom stereocenters. The Bertz CT molecular complexity index is 845. The standard InChI is InChI=1S/C26H38O2S/c1-21(2)12-10-14-23(5)18-19-26(20-24(6)15-11-13-22(3)4)29(27,28)25-16-8-7-9-17-25/h7-9,12-13,16-18,20,26H,10-11,14-15,19H2,1-6H3. The molecule has 1 aromatic rings. The molecule has 0 bridgehead atoms. The molecule has 2 nitrogen and oxygen atoms in total. The fourth-order valence-corrected chi connectivity index (χ4v) is 4.71. The van der Waals surface area contributed by atoms with Crippen molar-refractivity contribution in [3.63, 3.8) is 0 Å². The van der Waals surface area contributed by atoms with Gasteiger partial charge < -0.3 is 0 Å². The first kappa shape index (κ1) is 25.2. The minimum absolute atomic E-state index is 0.397. The summed E-state index contributed by atoms with van der Waals surface area (Å²) in [5.41, 5.74) is 4.98. The van der Waals surface area contributed by atoms with E-state index in [9.17, 15) is 8.42 Å². The third-order valence-corrected chi connectivity index (χ3v) is 6.88. The second-order valence-corrected chi connectivity index (χ2v) is 10.5. The van der Waals surface area contributed by atoms with Crippen LogP contribution in [0.15, 0.2) is 81.8 Å². The molecule has 0 saturated carbocycles. The van der Waals surface area contributed by atoms with E-state index >= 15 is 0 Å². The van der Waals surface area contributed by atoms with E-state index in [0.717, 1.165) is 31.3 Å². The molecular formula is C26H38O2S. The average molecular weight is 415 g/mol. The topological polar surface area (TPSA) is 34.1 Å². The molecule has 160 valence electrons. The third kappa shape index (κ3) is 9.94. The Morgan fingerprint density at radius 2 is 1.31 bits per heavy atom. The first-order valence-electron chi connectivity index (χ1n) is 10.5. The van der Waals surface area contributed by atoms with Gasteiger partial charge in [0.25, 0.3) is 0 Å². The molecular weight excluding hydrogens is 376 g/mol. The van der Waals surface area contributed by atoms with E-state index in [1.165, 1.54) is 16.7 Å². The van der Waals surface area contributed by atoms with Gasteiger partial charge in [0.05, 0.1) is 10.1 Å². The first-order valence-corrected chi connectivity index (χ1v) is 12.1. The Balaban J connectivity index is 3.05. The summed E-state index contributed by atoms with van der Waals surface area (Å²) in [6.07, 6.45) is 12.8. The highest BCUT2D eigenvalue weighted by molar-refractivity contribution is 7.92. The summed E-state index contributed by atoms with van der Waals surface area (Å²) in [5.74, 6) is 0. The lowest BCUT2D eigenvalue weighted by atomic mass is 10.1. The molecule has 0 N–H and O–H groups in total. The van der Waals surface area contributed by atoms with Gasteiger partial charge in [-0.2, -0.15) is 0 Å². The van der Waals surface area contributed by atoms with Crippen molar-refractivity contribution in [3.8, 4) is 0 Å². The van der Waals surface area contributed by atoms with Crippen molar-refractivity contribution in [1.29, 1.82) is 0 Å². The Hall–Kier alpha value is -1.87. The van der Waals surface area contributed by atoms with Crippen molar-refractivity contribution in [2.45, 2.75) is 83.8 Å². The number of rotatable bonds is 11. The van der Waals surface area contributed by atoms with E-state index in [4.69, 9.17) is 0 Å². The van der Waals surface area contributed by atoms with Gasteiger partial charge in [-0.25, -0.2) is 8.42 Å². The highest BCUT2D eigenvalue weighted by Gasteiger charge is 2.24. The van der Waals surface area contributed by atoms with Crippen molar-refractivity contribution in [2.24, 2.45) is 0 Å². The third-order valence-electron chi connectivity index (χ3n) is 4.82. The van der Waals surface area contributed by atoms with Gasteiger partial charge in [-0.05, 0) is 85.8 Å². The predicted molar refractivity (Wildman–Crippen MR) is 127 cm³/mol. The van der Waals surface area contributed by atoms with Crippen LogP contribution < -0.4 is 0 Å². The summed E-state index contributed by atoms with van der Waals surface area (Å²) in [6.45, 7) is 12.5. The maximum atomic E-state index is 13.3. The van der Waals surface area contributed by atoms with Gasteiger partial charge in [-0.1, -0.05) is 64.8 Å². The maximum Gasteiger partial charge on any atom is 0.185 e. The molecule has 0 saturated heterocycles. The second kappa shape index (κ2) is 12.6. The summed E-state index contributed by atoms with van der Waals surface area (Å²) in [4.78, 5) is 0.397. The molecule has 0 aliphatic carbocycles. The Kier molecular flexibility index (Phi) is 11.0. The predicted octanol–water partition coefficient (Wildman–Crippen LogP) is 7.60. The normalized spacial score (nSPS) is 13.7. The van der Waals surface area contributed by atoms with Crippen LogP contribution in [0, 0.1) is 0 Å². The quantitative estimate of drug-likeness (QED) is 0.349. The lowest BCUT2D eigenvalue weighted by molar-refractivity contribution is 0.588. The van der Waals surface area contributed by atoms with Crippen molar-refractivity contribution < 1.29 is 8.42 Å². The Labute approximate surface area is 179 Å². The van der Waals surface area contributed by atoms with Crippen LogP contribution in [-0.4, -0.2) is 13.7 Å². The molecule has 0 aliphatic rings. The molecule has 29 heavy (non-hydrogen) atoms. The van der Waals surface area contributed by atoms with Crippen LogP contribution in [0.5, 0.6) is 0 Å². The van der Waals surface area contributed by atoms with E-state index in [-0.39, 0.29) is 0 Å². The molecule has 0 fully saturated rings. The minimum Gasteiger partial charge on any atom is -0.223 e. The van der Waals surface area contributed by atoms with Crippen molar-refractivity contribution >= 4 is 9.84 Å². The summed E-state index contributed by atoms with van der Waals surface area (Å²) in [5, 5.41) is -0.532. The van der Waals surface area contributed by atoms with Gasteiger partial charge in [0, 0.05) is 0 Å². The molecule has 1 rings (SSSR count). The highest BCUT2D eigenvalue weighted by Crippen LogP contribution is 2.23. The fourth-order valence-electron chi connectivity index (χ4n) is 3.07. The van der Waals surface area contributed by atoms with Gasteiger partial charge in [0.15, 0.2) is 9.84 Å². The van der Waals surface area contributed by atoms with E-state index in [0.29, 0.717) is 11.3 Å². The summed E-state index contributed by atoms with van der Waals surface area (Å²) < 4.78 is 26.5. The minimum atomic E-state index is -3.42. The van der Waals surface area contributed by atoms with Crippen LogP contribution in [0.4, 0.5) is 0 Å². The second-order valence-electron chi connectivity index (χ2n) is 8.34. The van der Waals surface area contributed by atoms with Crippen molar-refractivity contribution in [1.82, 2.24) is 0 Å². The SMILES string of the molecule is CC(C)=CCCC(C)=CCC(C=C(C)CCC=C(C)C)S(=O)(=O)c1ccccc1. The van der Waals surface area contributed by atoms with Crippen LogP contribution in [-0.2, 0) is 9.84 Å². The molecule has 0 aromatic heterocycles. The molecule has 1 unspecified atom stereocenters. The van der Waals surface area contributed by atoms with E-state index < -0.39 is 15.1 Å². The summed E-state index contributed by atoms with van der Waals surface area (Å²) in [7, 11) is -3.42. The fraction of sp³-hybridized carbons (Fsp3) is 0.462. The molecule has 1 aromatic carbocycles. The van der Waals surface area contributed by atoms with Crippen molar-refractivity contribution in [2.75, 3.05) is 0 Å². The number of sulfone groups is 1. The number of allylic oxidation sites excluding steroid dienone is 7. The number of benzene rings is 1. The molecule has 0 amide bonds. The number of hydrogen-bond donors (Lipinski definition) is 0. The maximum absolute atomic E-state index is 13.3. The van der Waals surface area contributed by atoms with E-state index in [1.54, 1.807) is 24.3 Å².